The minimum absolute atomic E-state index is 0.00870. The Hall–Kier alpha value is -2.28. The molecule has 0 spiro atoms. The van der Waals surface area contributed by atoms with Gasteiger partial charge in [-0.25, -0.2) is 4.68 Å². The number of rotatable bonds is 4. The molecular weight excluding hydrogens is 270 g/mol. The quantitative estimate of drug-likeness (QED) is 0.690. The van der Waals surface area contributed by atoms with Crippen molar-refractivity contribution in [2.24, 2.45) is 0 Å². The van der Waals surface area contributed by atoms with E-state index in [9.17, 15) is 10.1 Å². The molecule has 0 atom stereocenters. The monoisotopic (exact) mass is 289 g/mol. The molecule has 2 aromatic rings. The van der Waals surface area contributed by atoms with E-state index in [1.807, 2.05) is 0 Å². The molecule has 0 fully saturated rings. The van der Waals surface area contributed by atoms with Gasteiger partial charge in [0.1, 0.15) is 0 Å². The predicted octanol–water partition coefficient (Wildman–Crippen LogP) is 2.37. The van der Waals surface area contributed by atoms with E-state index in [0.717, 1.165) is 5.69 Å². The van der Waals surface area contributed by atoms with Crippen molar-refractivity contribution in [2.75, 3.05) is 0 Å². The van der Waals surface area contributed by atoms with Gasteiger partial charge in [-0.05, 0) is 33.8 Å². The van der Waals surface area contributed by atoms with Crippen LogP contribution in [0.4, 0.5) is 5.69 Å². The highest BCUT2D eigenvalue weighted by Crippen LogP contribution is 2.23. The first-order chi connectivity index (χ1) is 9.78. The third-order valence-electron chi connectivity index (χ3n) is 3.06. The molecule has 2 rings (SSSR count). The van der Waals surface area contributed by atoms with Gasteiger partial charge < -0.3 is 5.32 Å². The molecule has 1 aromatic carbocycles. The van der Waals surface area contributed by atoms with E-state index in [4.69, 9.17) is 0 Å². The van der Waals surface area contributed by atoms with Crippen molar-refractivity contribution in [3.63, 3.8) is 0 Å². The van der Waals surface area contributed by atoms with Crippen molar-refractivity contribution >= 4 is 5.69 Å². The van der Waals surface area contributed by atoms with Gasteiger partial charge in [-0.15, -0.1) is 5.10 Å². The first-order valence-electron chi connectivity index (χ1n) is 6.68. The van der Waals surface area contributed by atoms with Crippen molar-refractivity contribution in [3.05, 3.63) is 45.8 Å². The molecular formula is C14H19N5O2. The van der Waals surface area contributed by atoms with Crippen LogP contribution in [0.25, 0.3) is 5.69 Å². The number of hydrogen-bond acceptors (Lipinski definition) is 5. The van der Waals surface area contributed by atoms with Crippen LogP contribution in [0.5, 0.6) is 0 Å². The zero-order chi connectivity index (χ0) is 15.6. The lowest BCUT2D eigenvalue weighted by molar-refractivity contribution is -0.385. The van der Waals surface area contributed by atoms with Crippen LogP contribution in [0.2, 0.25) is 0 Å². The zero-order valence-electron chi connectivity index (χ0n) is 12.6. The SMILES string of the molecule is Cc1c(-n2cc(CNC(C)(C)C)nn2)cccc1[N+](=O)[O-]. The molecule has 21 heavy (non-hydrogen) atoms. The lowest BCUT2D eigenvalue weighted by Crippen LogP contribution is -2.35. The number of nitrogens with one attached hydrogen (secondary N) is 1. The van der Waals surface area contributed by atoms with Crippen LogP contribution < -0.4 is 5.32 Å². The van der Waals surface area contributed by atoms with Crippen LogP contribution in [0, 0.1) is 17.0 Å². The largest absolute Gasteiger partial charge is 0.306 e. The van der Waals surface area contributed by atoms with E-state index in [1.165, 1.54) is 6.07 Å². The number of nitro benzene ring substituents is 1. The maximum atomic E-state index is 11.0. The summed E-state index contributed by atoms with van der Waals surface area (Å²) in [6, 6.07) is 4.92. The first kappa shape index (κ1) is 15.1. The summed E-state index contributed by atoms with van der Waals surface area (Å²) in [6.45, 7) is 8.52. The Labute approximate surface area is 123 Å². The van der Waals surface area contributed by atoms with Crippen molar-refractivity contribution < 1.29 is 4.92 Å². The van der Waals surface area contributed by atoms with Gasteiger partial charge in [0, 0.05) is 18.2 Å². The third kappa shape index (κ3) is 3.63. The highest BCUT2D eigenvalue weighted by atomic mass is 16.6. The first-order valence-corrected chi connectivity index (χ1v) is 6.68. The molecule has 1 heterocycles. The van der Waals surface area contributed by atoms with Gasteiger partial charge in [0.2, 0.25) is 0 Å². The molecule has 1 N–H and O–H groups in total. The van der Waals surface area contributed by atoms with Crippen molar-refractivity contribution in [2.45, 2.75) is 39.8 Å². The van der Waals surface area contributed by atoms with Gasteiger partial charge >= 0.3 is 0 Å². The fraction of sp³-hybridized carbons (Fsp3) is 0.429. The van der Waals surface area contributed by atoms with Gasteiger partial charge in [-0.3, -0.25) is 10.1 Å². The fourth-order valence-corrected chi connectivity index (χ4v) is 1.91. The Bertz CT molecular complexity index is 658. The minimum Gasteiger partial charge on any atom is -0.306 e. The Balaban J connectivity index is 2.26. The average molecular weight is 289 g/mol. The number of nitro groups is 1. The highest BCUT2D eigenvalue weighted by molar-refractivity contribution is 5.52. The van der Waals surface area contributed by atoms with E-state index in [1.54, 1.807) is 29.9 Å². The molecule has 0 saturated carbocycles. The molecule has 7 heteroatoms. The Morgan fingerprint density at radius 3 is 2.71 bits per heavy atom. The summed E-state index contributed by atoms with van der Waals surface area (Å²) < 4.78 is 1.57. The molecule has 0 unspecified atom stereocenters. The summed E-state index contributed by atoms with van der Waals surface area (Å²) >= 11 is 0. The van der Waals surface area contributed by atoms with E-state index in [0.29, 0.717) is 17.8 Å². The zero-order valence-corrected chi connectivity index (χ0v) is 12.6. The van der Waals surface area contributed by atoms with Crippen LogP contribution in [0.15, 0.2) is 24.4 Å². The Morgan fingerprint density at radius 1 is 1.38 bits per heavy atom. The van der Waals surface area contributed by atoms with Crippen LogP contribution in [-0.2, 0) is 6.54 Å². The molecule has 0 aliphatic carbocycles. The number of hydrogen-bond donors (Lipinski definition) is 1. The fourth-order valence-electron chi connectivity index (χ4n) is 1.91. The van der Waals surface area contributed by atoms with E-state index >= 15 is 0 Å². The summed E-state index contributed by atoms with van der Waals surface area (Å²) in [7, 11) is 0. The predicted molar refractivity (Wildman–Crippen MR) is 79.3 cm³/mol. The molecule has 0 aliphatic heterocycles. The van der Waals surface area contributed by atoms with Crippen LogP contribution in [0.1, 0.15) is 32.0 Å². The smallest absolute Gasteiger partial charge is 0.274 e. The van der Waals surface area contributed by atoms with Gasteiger partial charge in [0.15, 0.2) is 0 Å². The molecule has 112 valence electrons. The summed E-state index contributed by atoms with van der Waals surface area (Å²) in [5, 5.41) is 22.4. The maximum absolute atomic E-state index is 11.0. The summed E-state index contributed by atoms with van der Waals surface area (Å²) in [5.41, 5.74) is 2.10. The van der Waals surface area contributed by atoms with Crippen molar-refractivity contribution in [1.29, 1.82) is 0 Å². The van der Waals surface area contributed by atoms with Gasteiger partial charge in [-0.1, -0.05) is 11.3 Å². The topological polar surface area (TPSA) is 85.9 Å². The van der Waals surface area contributed by atoms with Crippen molar-refractivity contribution in [3.8, 4) is 5.69 Å². The van der Waals surface area contributed by atoms with Crippen LogP contribution in [-0.4, -0.2) is 25.5 Å². The number of aromatic nitrogens is 3. The summed E-state index contributed by atoms with van der Waals surface area (Å²) in [5.74, 6) is 0. The number of benzene rings is 1. The second-order valence-electron chi connectivity index (χ2n) is 5.94. The minimum atomic E-state index is -0.391. The molecule has 0 bridgehead atoms. The third-order valence-corrected chi connectivity index (χ3v) is 3.06. The van der Waals surface area contributed by atoms with Crippen LogP contribution >= 0.6 is 0 Å². The van der Waals surface area contributed by atoms with E-state index in [-0.39, 0.29) is 11.2 Å². The summed E-state index contributed by atoms with van der Waals surface area (Å²) in [6.07, 6.45) is 1.78. The maximum Gasteiger partial charge on any atom is 0.274 e. The molecule has 0 amide bonds. The van der Waals surface area contributed by atoms with E-state index < -0.39 is 4.92 Å². The van der Waals surface area contributed by atoms with Gasteiger partial charge in [0.05, 0.1) is 28.1 Å². The van der Waals surface area contributed by atoms with E-state index in [2.05, 4.69) is 36.4 Å². The second-order valence-corrected chi connectivity index (χ2v) is 5.94. The molecule has 7 nitrogen and oxygen atoms in total. The Morgan fingerprint density at radius 2 is 2.10 bits per heavy atom. The Kier molecular flexibility index (Phi) is 4.04. The van der Waals surface area contributed by atoms with Gasteiger partial charge in [0.25, 0.3) is 5.69 Å². The summed E-state index contributed by atoms with van der Waals surface area (Å²) in [4.78, 5) is 10.6. The molecule has 0 aliphatic rings. The lowest BCUT2D eigenvalue weighted by Gasteiger charge is -2.19. The molecule has 1 aromatic heterocycles. The average Bonchev–Trinajstić information content (AvgIpc) is 2.84. The second kappa shape index (κ2) is 5.61. The van der Waals surface area contributed by atoms with Gasteiger partial charge in [-0.2, -0.15) is 0 Å². The van der Waals surface area contributed by atoms with Crippen LogP contribution in [0.3, 0.4) is 0 Å². The molecule has 0 radical (unpaired) electrons. The standard InChI is InChI=1S/C14H19N5O2/c1-10-12(6-5-7-13(10)19(20)21)18-9-11(16-17-18)8-15-14(2,3)4/h5-7,9,15H,8H2,1-4H3. The highest BCUT2D eigenvalue weighted by Gasteiger charge is 2.16. The van der Waals surface area contributed by atoms with Crippen molar-refractivity contribution in [1.82, 2.24) is 20.3 Å². The normalized spacial score (nSPS) is 11.6. The number of nitrogens with zero attached hydrogens (tertiary/aromatic N) is 4. The molecule has 0 saturated heterocycles. The lowest BCUT2D eigenvalue weighted by atomic mass is 10.1.